The summed E-state index contributed by atoms with van der Waals surface area (Å²) in [7, 11) is 1.33. The van der Waals surface area contributed by atoms with Crippen LogP contribution in [0.1, 0.15) is 51.2 Å². The first kappa shape index (κ1) is 39.5. The Balaban J connectivity index is 2.33. The highest BCUT2D eigenvalue weighted by atomic mass is 17.5. The van der Waals surface area contributed by atoms with Crippen molar-refractivity contribution in [3.63, 3.8) is 0 Å². The van der Waals surface area contributed by atoms with Gasteiger partial charge in [0.1, 0.15) is 31.5 Å². The highest BCUT2D eigenvalue weighted by molar-refractivity contribution is 5.51. The van der Waals surface area contributed by atoms with Crippen molar-refractivity contribution in [1.82, 2.24) is 21.3 Å². The van der Waals surface area contributed by atoms with Gasteiger partial charge in [0.15, 0.2) is 0 Å². The lowest BCUT2D eigenvalue weighted by Crippen LogP contribution is -2.50. The van der Waals surface area contributed by atoms with E-state index in [2.05, 4.69) is 31.2 Å². The van der Waals surface area contributed by atoms with Gasteiger partial charge in [-0.05, 0) is 69.8 Å². The Morgan fingerprint density at radius 2 is 1.30 bits per heavy atom. The SMILES string of the molecule is COOOCCN(CCCC(O)NCC(O)NCC(O)NCC(O)NCCCOC(C)(C)C)c1cc(CO)cc(CO)c1. The predicted molar refractivity (Wildman–Crippen MR) is 160 cm³/mol. The Bertz CT molecular complexity index is 813. The van der Waals surface area contributed by atoms with E-state index < -0.39 is 24.9 Å². The molecular formula is C28H55N5O10. The minimum Gasteiger partial charge on any atom is -0.392 e. The van der Waals surface area contributed by atoms with Crippen LogP contribution in [0.5, 0.6) is 0 Å². The third-order valence-corrected chi connectivity index (χ3v) is 6.11. The van der Waals surface area contributed by atoms with Crippen LogP contribution < -0.4 is 26.2 Å². The zero-order valence-electron chi connectivity index (χ0n) is 26.0. The number of nitrogens with one attached hydrogen (secondary N) is 4. The maximum atomic E-state index is 10.4. The Labute approximate surface area is 254 Å². The van der Waals surface area contributed by atoms with Crippen molar-refractivity contribution < 1.29 is 50.2 Å². The third-order valence-electron chi connectivity index (χ3n) is 6.11. The van der Waals surface area contributed by atoms with Crippen molar-refractivity contribution in [3.8, 4) is 0 Å². The van der Waals surface area contributed by atoms with E-state index in [9.17, 15) is 30.6 Å². The summed E-state index contributed by atoms with van der Waals surface area (Å²) >= 11 is 0. The minimum absolute atomic E-state index is 0.0254. The van der Waals surface area contributed by atoms with E-state index in [0.29, 0.717) is 50.2 Å². The van der Waals surface area contributed by atoms with Crippen LogP contribution in [-0.2, 0) is 32.8 Å². The summed E-state index contributed by atoms with van der Waals surface area (Å²) in [5.41, 5.74) is 1.90. The smallest absolute Gasteiger partial charge is 0.117 e. The summed E-state index contributed by atoms with van der Waals surface area (Å²) in [6.45, 7) is 8.07. The molecule has 1 rings (SSSR count). The van der Waals surface area contributed by atoms with E-state index in [1.165, 1.54) is 7.11 Å². The predicted octanol–water partition coefficient (Wildman–Crippen LogP) is -1.40. The molecular weight excluding hydrogens is 566 g/mol. The molecule has 15 heteroatoms. The van der Waals surface area contributed by atoms with Crippen molar-refractivity contribution >= 4 is 5.69 Å². The largest absolute Gasteiger partial charge is 0.392 e. The number of nitrogens with zero attached hydrogens (tertiary/aromatic N) is 1. The number of hydrogen-bond acceptors (Lipinski definition) is 15. The maximum Gasteiger partial charge on any atom is 0.117 e. The van der Waals surface area contributed by atoms with E-state index >= 15 is 0 Å². The van der Waals surface area contributed by atoms with Crippen molar-refractivity contribution in [1.29, 1.82) is 0 Å². The van der Waals surface area contributed by atoms with Crippen LogP contribution in [0, 0.1) is 0 Å². The average Bonchev–Trinajstić information content (AvgIpc) is 2.97. The fraction of sp³-hybridized carbons (Fsp3) is 0.786. The van der Waals surface area contributed by atoms with Crippen LogP contribution in [0.25, 0.3) is 0 Å². The van der Waals surface area contributed by atoms with Gasteiger partial charge in [-0.25, -0.2) is 9.78 Å². The minimum atomic E-state index is -1.02. The van der Waals surface area contributed by atoms with E-state index in [4.69, 9.17) is 9.62 Å². The molecule has 0 aliphatic carbocycles. The molecule has 0 aromatic heterocycles. The third kappa shape index (κ3) is 20.2. The van der Waals surface area contributed by atoms with Crippen molar-refractivity contribution in [2.45, 2.75) is 83.8 Å². The molecule has 4 unspecified atom stereocenters. The monoisotopic (exact) mass is 621 g/mol. The van der Waals surface area contributed by atoms with Gasteiger partial charge in [0.2, 0.25) is 0 Å². The van der Waals surface area contributed by atoms with Gasteiger partial charge in [0, 0.05) is 45.0 Å². The molecule has 0 spiro atoms. The van der Waals surface area contributed by atoms with Gasteiger partial charge < -0.3 is 40.3 Å². The Morgan fingerprint density at radius 3 is 1.84 bits per heavy atom. The lowest BCUT2D eigenvalue weighted by Gasteiger charge is -2.26. The lowest BCUT2D eigenvalue weighted by atomic mass is 10.1. The normalized spacial score (nSPS) is 14.9. The summed E-state index contributed by atoms with van der Waals surface area (Å²) in [5.74, 6) is 0. The Kier molecular flexibility index (Phi) is 21.0. The number of hydrogen-bond donors (Lipinski definition) is 10. The van der Waals surface area contributed by atoms with Crippen molar-refractivity contribution in [3.05, 3.63) is 29.3 Å². The van der Waals surface area contributed by atoms with E-state index in [-0.39, 0.29) is 45.1 Å². The second-order valence-corrected chi connectivity index (χ2v) is 11.1. The zero-order valence-corrected chi connectivity index (χ0v) is 26.0. The molecule has 0 heterocycles. The first-order valence-electron chi connectivity index (χ1n) is 14.7. The number of rotatable bonds is 26. The topological polar surface area (TPSA) is 210 Å². The van der Waals surface area contributed by atoms with Gasteiger partial charge in [0.25, 0.3) is 0 Å². The number of benzene rings is 1. The van der Waals surface area contributed by atoms with Gasteiger partial charge >= 0.3 is 0 Å². The fourth-order valence-corrected chi connectivity index (χ4v) is 3.96. The van der Waals surface area contributed by atoms with Crippen LogP contribution in [-0.4, -0.2) is 121 Å². The van der Waals surface area contributed by atoms with Crippen LogP contribution in [0.4, 0.5) is 5.69 Å². The summed E-state index contributed by atoms with van der Waals surface area (Å²) in [6, 6.07) is 5.36. The fourth-order valence-electron chi connectivity index (χ4n) is 3.96. The van der Waals surface area contributed by atoms with Gasteiger partial charge in [-0.3, -0.25) is 21.3 Å². The molecule has 0 radical (unpaired) electrons. The molecule has 43 heavy (non-hydrogen) atoms. The van der Waals surface area contributed by atoms with Crippen molar-refractivity contribution in [2.24, 2.45) is 0 Å². The average molecular weight is 622 g/mol. The molecule has 1 aromatic carbocycles. The molecule has 15 nitrogen and oxygen atoms in total. The first-order chi connectivity index (χ1) is 20.5. The molecule has 0 aliphatic heterocycles. The van der Waals surface area contributed by atoms with E-state index in [0.717, 1.165) is 12.1 Å². The maximum absolute atomic E-state index is 10.4. The summed E-state index contributed by atoms with van der Waals surface area (Å²) in [5, 5.41) is 75.5. The van der Waals surface area contributed by atoms with E-state index in [1.807, 2.05) is 37.8 Å². The molecule has 1 aromatic rings. The Morgan fingerprint density at radius 1 is 0.744 bits per heavy atom. The second kappa shape index (κ2) is 22.9. The summed E-state index contributed by atoms with van der Waals surface area (Å²) < 4.78 is 5.62. The van der Waals surface area contributed by atoms with Gasteiger partial charge in [-0.1, -0.05) is 11.1 Å². The van der Waals surface area contributed by atoms with Gasteiger partial charge in [0.05, 0.1) is 25.9 Å². The molecule has 10 N–H and O–H groups in total. The van der Waals surface area contributed by atoms with Crippen LogP contribution in [0.2, 0.25) is 0 Å². The standard InChI is InChI=1S/C28H55N5O10/c1-28(2,3)41-11-6-8-29-25(37)16-31-27(39)18-32-26(38)17-30-24(36)7-5-9-33(10-12-42-43-40-4)23-14-21(19-34)13-22(15-23)20-35/h13-15,24-27,29-32,34-39H,5-12,16-20H2,1-4H3. The highest BCUT2D eigenvalue weighted by Crippen LogP contribution is 2.21. The number of aliphatic hydroxyl groups is 6. The lowest BCUT2D eigenvalue weighted by molar-refractivity contribution is -0.501. The van der Waals surface area contributed by atoms with Gasteiger partial charge in [-0.2, -0.15) is 0 Å². The molecule has 0 fully saturated rings. The molecule has 0 saturated carbocycles. The quantitative estimate of drug-likeness (QED) is 0.0250. The molecule has 0 saturated heterocycles. The van der Waals surface area contributed by atoms with Gasteiger partial charge in [-0.15, -0.1) is 0 Å². The van der Waals surface area contributed by atoms with Crippen LogP contribution in [0.3, 0.4) is 0 Å². The first-order valence-corrected chi connectivity index (χ1v) is 14.7. The van der Waals surface area contributed by atoms with Crippen LogP contribution in [0.15, 0.2) is 18.2 Å². The van der Waals surface area contributed by atoms with Crippen molar-refractivity contribution in [2.75, 3.05) is 64.5 Å². The summed E-state index contributed by atoms with van der Waals surface area (Å²) in [4.78, 5) is 11.3. The number of ether oxygens (including phenoxy) is 1. The molecule has 0 bridgehead atoms. The number of aliphatic hydroxyl groups excluding tert-OH is 6. The molecule has 0 aliphatic rings. The summed E-state index contributed by atoms with van der Waals surface area (Å²) in [6.07, 6.45) is -2.06. The second-order valence-electron chi connectivity index (χ2n) is 11.1. The highest BCUT2D eigenvalue weighted by Gasteiger charge is 2.14. The van der Waals surface area contributed by atoms with Crippen LogP contribution >= 0.6 is 0 Å². The Hall–Kier alpha value is -1.54. The zero-order chi connectivity index (χ0) is 32.1. The van der Waals surface area contributed by atoms with E-state index in [1.54, 1.807) is 6.07 Å². The molecule has 252 valence electrons. The molecule has 0 amide bonds. The number of anilines is 1. The molecule has 4 atom stereocenters.